The standard InChI is InChI=1S/C23H29N3O3/c1-24(2)20-7-3-18(4-8-20)6-10-23(27)26-13-11-25(12-14-26)16-19-5-9-21-22(15-19)29-17-28-21/h3-5,7-9,15H,6,10-14,16-17H2,1-2H3. The number of anilines is 1. The van der Waals surface area contributed by atoms with Crippen molar-refractivity contribution in [2.75, 3.05) is 52.0 Å². The number of amides is 1. The maximum absolute atomic E-state index is 12.6. The number of carbonyl (C=O) groups is 1. The zero-order chi connectivity index (χ0) is 20.2. The lowest BCUT2D eigenvalue weighted by molar-refractivity contribution is -0.133. The lowest BCUT2D eigenvalue weighted by Crippen LogP contribution is -2.48. The second-order valence-corrected chi connectivity index (χ2v) is 7.91. The van der Waals surface area contributed by atoms with E-state index in [-0.39, 0.29) is 5.91 Å². The summed E-state index contributed by atoms with van der Waals surface area (Å²) >= 11 is 0. The summed E-state index contributed by atoms with van der Waals surface area (Å²) in [5.74, 6) is 1.90. The number of rotatable bonds is 6. The molecule has 0 unspecified atom stereocenters. The molecule has 6 heteroatoms. The van der Waals surface area contributed by atoms with Crippen LogP contribution in [0.4, 0.5) is 5.69 Å². The molecule has 0 atom stereocenters. The summed E-state index contributed by atoms with van der Waals surface area (Å²) in [6.45, 7) is 4.57. The SMILES string of the molecule is CN(C)c1ccc(CCC(=O)N2CCN(Cc3ccc4c(c3)OCO4)CC2)cc1. The van der Waals surface area contributed by atoms with Crippen molar-refractivity contribution in [1.82, 2.24) is 9.80 Å². The van der Waals surface area contributed by atoms with Crippen LogP contribution >= 0.6 is 0 Å². The third kappa shape index (κ3) is 4.82. The van der Waals surface area contributed by atoms with E-state index in [1.54, 1.807) is 0 Å². The molecule has 29 heavy (non-hydrogen) atoms. The van der Waals surface area contributed by atoms with Crippen LogP contribution in [0.5, 0.6) is 11.5 Å². The van der Waals surface area contributed by atoms with E-state index < -0.39 is 0 Å². The summed E-state index contributed by atoms with van der Waals surface area (Å²) in [6, 6.07) is 14.6. The third-order valence-electron chi connectivity index (χ3n) is 5.65. The molecule has 4 rings (SSSR count). The average Bonchev–Trinajstić information content (AvgIpc) is 3.21. The molecule has 6 nitrogen and oxygen atoms in total. The minimum atomic E-state index is 0.254. The molecule has 0 spiro atoms. The summed E-state index contributed by atoms with van der Waals surface area (Å²) in [4.78, 5) is 19.1. The molecule has 154 valence electrons. The highest BCUT2D eigenvalue weighted by Gasteiger charge is 2.21. The number of hydrogen-bond donors (Lipinski definition) is 0. The van der Waals surface area contributed by atoms with Crippen molar-refractivity contribution in [2.45, 2.75) is 19.4 Å². The highest BCUT2D eigenvalue weighted by molar-refractivity contribution is 5.76. The summed E-state index contributed by atoms with van der Waals surface area (Å²) in [5.41, 5.74) is 3.61. The number of ether oxygens (including phenoxy) is 2. The van der Waals surface area contributed by atoms with E-state index in [1.807, 2.05) is 25.1 Å². The highest BCUT2D eigenvalue weighted by Crippen LogP contribution is 2.32. The molecule has 2 aromatic carbocycles. The van der Waals surface area contributed by atoms with Gasteiger partial charge >= 0.3 is 0 Å². The second kappa shape index (κ2) is 8.74. The van der Waals surface area contributed by atoms with Gasteiger partial charge in [0.2, 0.25) is 12.7 Å². The van der Waals surface area contributed by atoms with Gasteiger partial charge in [-0.05, 0) is 41.8 Å². The molecule has 0 saturated carbocycles. The lowest BCUT2D eigenvalue weighted by Gasteiger charge is -2.35. The molecule has 1 amide bonds. The number of carbonyl (C=O) groups excluding carboxylic acids is 1. The molecule has 0 radical (unpaired) electrons. The van der Waals surface area contributed by atoms with E-state index in [4.69, 9.17) is 9.47 Å². The van der Waals surface area contributed by atoms with Crippen molar-refractivity contribution in [1.29, 1.82) is 0 Å². The fourth-order valence-electron chi connectivity index (χ4n) is 3.82. The van der Waals surface area contributed by atoms with Crippen LogP contribution in [-0.4, -0.2) is 62.8 Å². The Balaban J connectivity index is 1.22. The first-order valence-corrected chi connectivity index (χ1v) is 10.2. The largest absolute Gasteiger partial charge is 0.454 e. The first-order valence-electron chi connectivity index (χ1n) is 10.2. The first-order chi connectivity index (χ1) is 14.1. The molecule has 2 aromatic rings. The number of piperazine rings is 1. The second-order valence-electron chi connectivity index (χ2n) is 7.91. The highest BCUT2D eigenvalue weighted by atomic mass is 16.7. The number of nitrogens with zero attached hydrogens (tertiary/aromatic N) is 3. The molecule has 1 fully saturated rings. The Labute approximate surface area is 172 Å². The quantitative estimate of drug-likeness (QED) is 0.753. The van der Waals surface area contributed by atoms with E-state index in [2.05, 4.69) is 46.2 Å². The van der Waals surface area contributed by atoms with E-state index >= 15 is 0 Å². The van der Waals surface area contributed by atoms with Gasteiger partial charge in [-0.25, -0.2) is 0 Å². The van der Waals surface area contributed by atoms with Crippen LogP contribution in [-0.2, 0) is 17.8 Å². The van der Waals surface area contributed by atoms with Gasteiger partial charge in [0, 0.05) is 58.9 Å². The van der Waals surface area contributed by atoms with E-state index in [1.165, 1.54) is 16.8 Å². The van der Waals surface area contributed by atoms with Crippen LogP contribution in [0.1, 0.15) is 17.5 Å². The maximum Gasteiger partial charge on any atom is 0.231 e. The molecule has 1 saturated heterocycles. The number of fused-ring (bicyclic) bond motifs is 1. The molecular formula is C23H29N3O3. The molecule has 0 aliphatic carbocycles. The predicted molar refractivity (Wildman–Crippen MR) is 114 cm³/mol. The Morgan fingerprint density at radius 1 is 0.931 bits per heavy atom. The van der Waals surface area contributed by atoms with Gasteiger partial charge < -0.3 is 19.3 Å². The molecule has 0 aromatic heterocycles. The Hall–Kier alpha value is -2.73. The molecular weight excluding hydrogens is 366 g/mol. The topological polar surface area (TPSA) is 45.3 Å². The number of hydrogen-bond acceptors (Lipinski definition) is 5. The van der Waals surface area contributed by atoms with Gasteiger partial charge in [-0.3, -0.25) is 9.69 Å². The van der Waals surface area contributed by atoms with E-state index in [0.29, 0.717) is 13.2 Å². The minimum absolute atomic E-state index is 0.254. The van der Waals surface area contributed by atoms with Gasteiger partial charge in [-0.15, -0.1) is 0 Å². The number of benzene rings is 2. The van der Waals surface area contributed by atoms with Crippen LogP contribution in [0.15, 0.2) is 42.5 Å². The molecule has 0 N–H and O–H groups in total. The van der Waals surface area contributed by atoms with Gasteiger partial charge in [0.1, 0.15) is 0 Å². The van der Waals surface area contributed by atoms with Crippen molar-refractivity contribution >= 4 is 11.6 Å². The van der Waals surface area contributed by atoms with Crippen LogP contribution in [0.25, 0.3) is 0 Å². The van der Waals surface area contributed by atoms with Gasteiger partial charge in [-0.1, -0.05) is 18.2 Å². The van der Waals surface area contributed by atoms with Crippen molar-refractivity contribution in [3.05, 3.63) is 53.6 Å². The van der Waals surface area contributed by atoms with Crippen LogP contribution in [0.3, 0.4) is 0 Å². The summed E-state index contributed by atoms with van der Waals surface area (Å²) < 4.78 is 10.8. The summed E-state index contributed by atoms with van der Waals surface area (Å²) in [5, 5.41) is 0. The van der Waals surface area contributed by atoms with Gasteiger partial charge in [0.15, 0.2) is 11.5 Å². The van der Waals surface area contributed by atoms with Gasteiger partial charge in [0.05, 0.1) is 0 Å². The van der Waals surface area contributed by atoms with Crippen molar-refractivity contribution < 1.29 is 14.3 Å². The fourth-order valence-corrected chi connectivity index (χ4v) is 3.82. The minimum Gasteiger partial charge on any atom is -0.454 e. The monoisotopic (exact) mass is 395 g/mol. The molecule has 2 aliphatic heterocycles. The van der Waals surface area contributed by atoms with Crippen molar-refractivity contribution in [3.63, 3.8) is 0 Å². The van der Waals surface area contributed by atoms with Crippen LogP contribution < -0.4 is 14.4 Å². The van der Waals surface area contributed by atoms with Crippen LogP contribution in [0, 0.1) is 0 Å². The van der Waals surface area contributed by atoms with E-state index in [9.17, 15) is 4.79 Å². The Bertz CT molecular complexity index is 843. The Morgan fingerprint density at radius 3 is 2.34 bits per heavy atom. The molecule has 2 heterocycles. The van der Waals surface area contributed by atoms with Gasteiger partial charge in [-0.2, -0.15) is 0 Å². The fraction of sp³-hybridized carbons (Fsp3) is 0.435. The Morgan fingerprint density at radius 2 is 1.62 bits per heavy atom. The Kier molecular flexibility index (Phi) is 5.90. The van der Waals surface area contributed by atoms with Crippen molar-refractivity contribution in [2.24, 2.45) is 0 Å². The number of aryl methyl sites for hydroxylation is 1. The maximum atomic E-state index is 12.6. The lowest BCUT2D eigenvalue weighted by atomic mass is 10.1. The van der Waals surface area contributed by atoms with Crippen LogP contribution in [0.2, 0.25) is 0 Å². The zero-order valence-electron chi connectivity index (χ0n) is 17.3. The summed E-state index contributed by atoms with van der Waals surface area (Å²) in [7, 11) is 4.06. The average molecular weight is 396 g/mol. The van der Waals surface area contributed by atoms with E-state index in [0.717, 1.165) is 50.6 Å². The molecule has 0 bridgehead atoms. The zero-order valence-corrected chi connectivity index (χ0v) is 17.3. The van der Waals surface area contributed by atoms with Gasteiger partial charge in [0.25, 0.3) is 0 Å². The first kappa shape index (κ1) is 19.6. The smallest absolute Gasteiger partial charge is 0.231 e. The summed E-state index contributed by atoms with van der Waals surface area (Å²) in [6.07, 6.45) is 1.37. The third-order valence-corrected chi connectivity index (χ3v) is 5.65. The molecule has 2 aliphatic rings. The predicted octanol–water partition coefficient (Wildman–Crippen LogP) is 2.76. The normalized spacial score (nSPS) is 16.1. The van der Waals surface area contributed by atoms with Crippen molar-refractivity contribution in [3.8, 4) is 11.5 Å².